The monoisotopic (exact) mass is 2040 g/mol. The summed E-state index contributed by atoms with van der Waals surface area (Å²) in [6.07, 6.45) is 15.3. The number of methoxy groups -OCH3 is 2. The molecule has 728 valence electrons. The Hall–Kier alpha value is -17.1. The number of allylic oxidation sites excluding steroid dienone is 8. The molecule has 0 saturated carbocycles. The van der Waals surface area contributed by atoms with Gasteiger partial charge in [0.1, 0.15) is 11.5 Å². The molecule has 12 aliphatic rings. The molecule has 0 saturated heterocycles. The Morgan fingerprint density at radius 1 is 0.257 bits per heavy atom. The topological polar surface area (TPSA) is 137 Å². The van der Waals surface area contributed by atoms with Gasteiger partial charge in [0.25, 0.3) is 0 Å². The molecule has 148 heavy (non-hydrogen) atoms. The molecular weight excluding hydrogens is 1980 g/mol. The number of benzene rings is 10. The van der Waals surface area contributed by atoms with Crippen LogP contribution in [0.15, 0.2) is 275 Å². The Balaban J connectivity index is 0.000000154. The Morgan fingerprint density at radius 2 is 0.493 bits per heavy atom. The van der Waals surface area contributed by atoms with Gasteiger partial charge in [-0.2, -0.15) is 18.3 Å². The van der Waals surface area contributed by atoms with Crippen LogP contribution in [0.2, 0.25) is 0 Å². The zero-order valence-corrected chi connectivity index (χ0v) is 79.4. The SMILES string of the molecule is COC(=O)c1ccc(C(=O)Oc2ccc(C3=C4C=CC5=[N+]4C46n7c(ccc73)C(c3ccc(C)cc3)=C3C=CC(=[N+]34)C(c3ccc(C)cc3)=c3ccc(n36)=C5c3ccc(OC(=O)c4ccc(C(=O)OC)cc4)cc3)cc2)cc1.CSc1c(F)c(F)c(C2=C3C=CC4=[N+]3C35n6c(ccc62)C(c2c(F)c(F)c(C)c(F)c2F)=C2C=CC(=[N+]23)C(c2c(F)c(F)c(C)c(F)c2F)=c2ccc(n25)=C4c2c(F)c(F)c(SC)c(F)c2F)c(F)c1F. The van der Waals surface area contributed by atoms with Gasteiger partial charge < -0.3 is 18.9 Å². The predicted molar refractivity (Wildman–Crippen MR) is 514 cm³/mol. The van der Waals surface area contributed by atoms with Gasteiger partial charge in [-0.1, -0.05) is 102 Å². The molecule has 2 atom stereocenters. The second-order valence-electron chi connectivity index (χ2n) is 36.3. The molecule has 16 nitrogen and oxygen atoms in total. The second-order valence-corrected chi connectivity index (χ2v) is 37.9. The van der Waals surface area contributed by atoms with Crippen LogP contribution in [0, 0.1) is 121 Å². The molecule has 0 fully saturated rings. The highest BCUT2D eigenvalue weighted by Crippen LogP contribution is 2.58. The van der Waals surface area contributed by atoms with Crippen molar-refractivity contribution in [2.75, 3.05) is 26.7 Å². The van der Waals surface area contributed by atoms with E-state index in [1.165, 1.54) is 49.6 Å². The molecular formula is C114H64F16N8O8S2+4. The molecule has 2 spiro atoms. The van der Waals surface area contributed by atoms with Gasteiger partial charge in [-0.25, -0.2) is 89.4 Å². The van der Waals surface area contributed by atoms with Gasteiger partial charge in [0.15, 0.2) is 93.1 Å². The van der Waals surface area contributed by atoms with Crippen LogP contribution in [-0.2, 0) is 21.3 Å². The van der Waals surface area contributed by atoms with E-state index in [0.29, 0.717) is 47.6 Å². The molecule has 14 aromatic rings. The van der Waals surface area contributed by atoms with Crippen molar-refractivity contribution in [2.24, 2.45) is 0 Å². The van der Waals surface area contributed by atoms with E-state index in [-0.39, 0.29) is 23.5 Å². The standard InChI is InChI=1S/C65H44N4O8.C49H20F16N4S2/c1-37-5-9-39(10-6-37)57-49-29-30-50-58(40-11-7-38(2)8-12-40)52-32-34-54-60(42-23-27-48(28-24-42)77-64(73)46-19-15-44(16-20-46)62(71)75-4)56-36-35-55-59(53-33-31-51(57)67(53)65(66(49)50,68(52)54)69(55)56)41-21-25-47(26-22-41)76-63(72)45-17-13-43(14-18-45)61(70)74-3;1-13-31(50)35(54)27(36(55)32(13)51)23-15-5-6-16-24(28-37(56)33(52)14(2)34(53)38(28)57)18-8-10-20-26(30-41(60)45(64)48(71-4)46(65)42(30)61)22-12-11-21-25(29-39(58)43(62)47(70-3)44(63)40(29)59)19-9-7-17(23)67(19)49(66(15)16,68(18)20)69(21)22/h5-36H,1-4H3;5-12H,1-4H3/q2*+2. The van der Waals surface area contributed by atoms with Crippen molar-refractivity contribution in [1.29, 1.82) is 0 Å². The normalized spacial score (nSPS) is 17.3. The van der Waals surface area contributed by atoms with Gasteiger partial charge in [-0.05, 0) is 184 Å². The number of nitrogens with zero attached hydrogens (tertiary/aromatic N) is 8. The number of hydrogen-bond acceptors (Lipinski definition) is 10. The summed E-state index contributed by atoms with van der Waals surface area (Å²) in [7, 11) is 2.62. The molecule has 12 aliphatic heterocycles. The van der Waals surface area contributed by atoms with Gasteiger partial charge in [0.2, 0.25) is 45.6 Å². The number of aryl methyl sites for hydroxylation is 2. The number of rotatable bonds is 16. The van der Waals surface area contributed by atoms with Crippen molar-refractivity contribution in [1.82, 2.24) is 18.3 Å². The van der Waals surface area contributed by atoms with Crippen LogP contribution in [0.1, 0.15) is 131 Å². The minimum atomic E-state index is -2.60. The lowest BCUT2D eigenvalue weighted by Gasteiger charge is -2.41. The number of carbonyl (C=O) groups is 4. The van der Waals surface area contributed by atoms with Crippen LogP contribution in [0.4, 0.5) is 70.2 Å². The van der Waals surface area contributed by atoms with Crippen LogP contribution in [-0.4, -0.2) is 110 Å². The number of hydrogen-bond donors (Lipinski definition) is 0. The highest BCUT2D eigenvalue weighted by atomic mass is 32.2. The highest BCUT2D eigenvalue weighted by molar-refractivity contribution is 7.98. The molecule has 0 amide bonds. The van der Waals surface area contributed by atoms with E-state index in [1.54, 1.807) is 24.3 Å². The molecule has 2 unspecified atom stereocenters. The second kappa shape index (κ2) is 32.7. The lowest BCUT2D eigenvalue weighted by atomic mass is 9.91. The minimum Gasteiger partial charge on any atom is -0.465 e. The first-order chi connectivity index (χ1) is 71.3. The first-order valence-corrected chi connectivity index (χ1v) is 48.1. The predicted octanol–water partition coefficient (Wildman–Crippen LogP) is 19.8. The van der Waals surface area contributed by atoms with Crippen molar-refractivity contribution >= 4 is 115 Å². The fourth-order valence-corrected chi connectivity index (χ4v) is 23.5. The lowest BCUT2D eigenvalue weighted by Crippen LogP contribution is -2.71. The molecule has 0 aliphatic carbocycles. The molecule has 34 heteroatoms. The minimum absolute atomic E-state index is 0.285. The summed E-state index contributed by atoms with van der Waals surface area (Å²) in [6.45, 7) is 5.65. The van der Waals surface area contributed by atoms with E-state index >= 15 is 70.2 Å². The van der Waals surface area contributed by atoms with Crippen LogP contribution >= 0.6 is 23.5 Å². The molecule has 10 aromatic carbocycles. The summed E-state index contributed by atoms with van der Waals surface area (Å²) in [4.78, 5) is 48.8. The number of aromatic nitrogens is 4. The van der Waals surface area contributed by atoms with E-state index in [4.69, 9.17) is 18.9 Å². The van der Waals surface area contributed by atoms with E-state index in [2.05, 4.69) is 129 Å². The third kappa shape index (κ3) is 12.0. The quantitative estimate of drug-likeness (QED) is 0.0230. The van der Waals surface area contributed by atoms with E-state index in [9.17, 15) is 19.2 Å². The summed E-state index contributed by atoms with van der Waals surface area (Å²) in [5.74, 6) is -36.4. The van der Waals surface area contributed by atoms with Crippen molar-refractivity contribution in [3.05, 3.63) is 492 Å². The average molecular weight is 2040 g/mol. The molecule has 4 aromatic heterocycles. The van der Waals surface area contributed by atoms with Crippen LogP contribution in [0.3, 0.4) is 0 Å². The zero-order valence-electron chi connectivity index (χ0n) is 77.8. The number of thioether (sulfide) groups is 2. The number of halogens is 16. The number of carbonyl (C=O) groups excluding carboxylic acids is 4. The summed E-state index contributed by atoms with van der Waals surface area (Å²) in [6, 6.07) is 58.2. The van der Waals surface area contributed by atoms with Crippen LogP contribution < -0.4 is 30.9 Å². The largest absolute Gasteiger partial charge is 0.553 e. The van der Waals surface area contributed by atoms with Gasteiger partial charge in [0, 0.05) is 59.7 Å². The molecule has 0 bridgehead atoms. The number of ether oxygens (including phenoxy) is 4. The van der Waals surface area contributed by atoms with Crippen molar-refractivity contribution < 1.29 is 127 Å². The molecule has 26 rings (SSSR count). The maximum Gasteiger partial charge on any atom is 0.553 e. The van der Waals surface area contributed by atoms with Crippen LogP contribution in [0.25, 0.3) is 44.6 Å². The van der Waals surface area contributed by atoms with E-state index in [0.717, 1.165) is 169 Å². The van der Waals surface area contributed by atoms with Crippen LogP contribution in [0.5, 0.6) is 11.5 Å². The van der Waals surface area contributed by atoms with Crippen molar-refractivity contribution in [3.8, 4) is 11.5 Å². The third-order valence-electron chi connectivity index (χ3n) is 28.8. The Labute approximate surface area is 834 Å². The first-order valence-electron chi connectivity index (χ1n) is 45.7. The molecule has 0 radical (unpaired) electrons. The van der Waals surface area contributed by atoms with Gasteiger partial charge in [-0.3, -0.25) is 0 Å². The Bertz CT molecular complexity index is 9360. The average Bonchev–Trinajstić information content (AvgIpc) is 1.48. The summed E-state index contributed by atoms with van der Waals surface area (Å²) in [5.41, 5.74) is 3.51. The van der Waals surface area contributed by atoms with Gasteiger partial charge in [0.05, 0.1) is 157 Å². The maximum absolute atomic E-state index is 16.7. The fourth-order valence-electron chi connectivity index (χ4n) is 22.5. The highest BCUT2D eigenvalue weighted by Gasteiger charge is 2.76. The maximum atomic E-state index is 16.7. The number of esters is 4. The Morgan fingerprint density at radius 3 is 0.777 bits per heavy atom. The van der Waals surface area contributed by atoms with Gasteiger partial charge >= 0.3 is 35.7 Å². The first kappa shape index (κ1) is 92.0. The smallest absolute Gasteiger partial charge is 0.465 e. The van der Waals surface area contributed by atoms with Crippen molar-refractivity contribution in [2.45, 2.75) is 49.3 Å². The fraction of sp³-hybridized carbons (Fsp3) is 0.0877. The zero-order chi connectivity index (χ0) is 103. The molecule has 0 N–H and O–H groups in total. The molecule has 16 heterocycles. The summed E-state index contributed by atoms with van der Waals surface area (Å²) >= 11 is 0.570. The van der Waals surface area contributed by atoms with E-state index < -0.39 is 239 Å². The summed E-state index contributed by atoms with van der Waals surface area (Å²) < 4.78 is 296. The third-order valence-corrected chi connectivity index (χ3v) is 30.4. The lowest BCUT2D eigenvalue weighted by molar-refractivity contribution is -0.834. The van der Waals surface area contributed by atoms with Gasteiger partial charge in [-0.15, -0.1) is 23.5 Å². The Kier molecular flexibility index (Phi) is 20.3. The van der Waals surface area contributed by atoms with E-state index in [1.807, 2.05) is 48.5 Å². The van der Waals surface area contributed by atoms with Crippen molar-refractivity contribution in [3.63, 3.8) is 0 Å². The summed E-state index contributed by atoms with van der Waals surface area (Å²) in [5, 5.41) is 1.00.